The van der Waals surface area contributed by atoms with Gasteiger partial charge < -0.3 is 10.4 Å². The van der Waals surface area contributed by atoms with E-state index in [-0.39, 0.29) is 6.42 Å². The maximum atomic E-state index is 11.2. The van der Waals surface area contributed by atoms with Crippen LogP contribution in [0.5, 0.6) is 0 Å². The van der Waals surface area contributed by atoms with Crippen LogP contribution in [0.25, 0.3) is 0 Å². The number of carbonyl (C=O) groups excluding carboxylic acids is 1. The van der Waals surface area contributed by atoms with Gasteiger partial charge in [-0.15, -0.1) is 0 Å². The molecule has 1 rings (SSSR count). The van der Waals surface area contributed by atoms with E-state index in [1.54, 1.807) is 0 Å². The van der Waals surface area contributed by atoms with Gasteiger partial charge in [-0.2, -0.15) is 0 Å². The molecule has 0 saturated carbocycles. The van der Waals surface area contributed by atoms with Crippen LogP contribution in [0.2, 0.25) is 0 Å². The molecule has 1 aromatic rings. The van der Waals surface area contributed by atoms with Crippen LogP contribution >= 0.6 is 0 Å². The van der Waals surface area contributed by atoms with Gasteiger partial charge in [-0.05, 0) is 18.4 Å². The van der Waals surface area contributed by atoms with Crippen molar-refractivity contribution in [1.29, 1.82) is 0 Å². The molecule has 0 heterocycles. The van der Waals surface area contributed by atoms with E-state index in [2.05, 4.69) is 17.2 Å². The summed E-state index contributed by atoms with van der Waals surface area (Å²) in [5.74, 6) is 3.03. The van der Waals surface area contributed by atoms with Gasteiger partial charge in [-0.1, -0.05) is 36.3 Å². The van der Waals surface area contributed by atoms with Crippen LogP contribution in [0.4, 0.5) is 0 Å². The van der Waals surface area contributed by atoms with Gasteiger partial charge in [0.25, 0.3) is 5.91 Å². The predicted molar refractivity (Wildman–Crippen MR) is 63.2 cm³/mol. The Morgan fingerprint density at radius 2 is 2.00 bits per heavy atom. The molecule has 4 nitrogen and oxygen atoms in total. The van der Waals surface area contributed by atoms with Crippen LogP contribution in [0, 0.1) is 11.8 Å². The summed E-state index contributed by atoms with van der Waals surface area (Å²) in [7, 11) is 0. The number of carboxylic acids is 1. The summed E-state index contributed by atoms with van der Waals surface area (Å²) in [6.45, 7) is 1.52. The number of hydrogen-bond donors (Lipinski definition) is 2. The molecule has 0 aliphatic rings. The van der Waals surface area contributed by atoms with Crippen molar-refractivity contribution in [3.05, 3.63) is 35.9 Å². The summed E-state index contributed by atoms with van der Waals surface area (Å²) < 4.78 is 0. The topological polar surface area (TPSA) is 66.4 Å². The fourth-order valence-electron chi connectivity index (χ4n) is 1.36. The summed E-state index contributed by atoms with van der Waals surface area (Å²) >= 11 is 0. The molecule has 88 valence electrons. The maximum Gasteiger partial charge on any atom is 0.326 e. The lowest BCUT2D eigenvalue weighted by atomic mass is 10.1. The second-order valence-electron chi connectivity index (χ2n) is 3.43. The van der Waals surface area contributed by atoms with Crippen molar-refractivity contribution in [3.63, 3.8) is 0 Å². The average molecular weight is 231 g/mol. The molecule has 0 radical (unpaired) electrons. The van der Waals surface area contributed by atoms with E-state index in [9.17, 15) is 9.59 Å². The quantitative estimate of drug-likeness (QED) is 0.754. The molecule has 1 amide bonds. The van der Waals surface area contributed by atoms with Crippen LogP contribution in [-0.2, 0) is 16.0 Å². The van der Waals surface area contributed by atoms with Gasteiger partial charge in [0.1, 0.15) is 6.04 Å². The normalized spacial score (nSPS) is 10.9. The van der Waals surface area contributed by atoms with Crippen LogP contribution in [0.15, 0.2) is 30.3 Å². The highest BCUT2D eigenvalue weighted by molar-refractivity contribution is 5.96. The fourth-order valence-corrected chi connectivity index (χ4v) is 1.36. The zero-order chi connectivity index (χ0) is 12.7. The first-order valence-electron chi connectivity index (χ1n) is 5.13. The van der Waals surface area contributed by atoms with Crippen LogP contribution in [0.1, 0.15) is 12.5 Å². The second kappa shape index (κ2) is 6.33. The van der Waals surface area contributed by atoms with E-state index in [0.717, 1.165) is 5.56 Å². The minimum atomic E-state index is -1.07. The molecule has 0 aliphatic carbocycles. The number of hydrogen-bond acceptors (Lipinski definition) is 2. The second-order valence-corrected chi connectivity index (χ2v) is 3.43. The Balaban J connectivity index is 2.70. The molecule has 1 atom stereocenters. The van der Waals surface area contributed by atoms with Crippen molar-refractivity contribution in [2.75, 3.05) is 0 Å². The van der Waals surface area contributed by atoms with Crippen molar-refractivity contribution in [2.45, 2.75) is 19.4 Å². The molecule has 0 aromatic heterocycles. The fraction of sp³-hybridized carbons (Fsp3) is 0.231. The average Bonchev–Trinajstić information content (AvgIpc) is 2.29. The lowest BCUT2D eigenvalue weighted by molar-refractivity contribution is -0.141. The van der Waals surface area contributed by atoms with E-state index < -0.39 is 17.9 Å². The monoisotopic (exact) mass is 231 g/mol. The zero-order valence-corrected chi connectivity index (χ0v) is 9.43. The Kier molecular flexibility index (Phi) is 4.77. The van der Waals surface area contributed by atoms with Crippen LogP contribution < -0.4 is 5.32 Å². The smallest absolute Gasteiger partial charge is 0.326 e. The van der Waals surface area contributed by atoms with Crippen LogP contribution in [0.3, 0.4) is 0 Å². The van der Waals surface area contributed by atoms with E-state index in [0.29, 0.717) is 0 Å². The number of benzene rings is 1. The number of carboxylic acid groups (broad SMARTS) is 1. The number of carbonyl (C=O) groups is 2. The molecule has 2 N–H and O–H groups in total. The minimum Gasteiger partial charge on any atom is -0.480 e. The minimum absolute atomic E-state index is 0.243. The van der Waals surface area contributed by atoms with Gasteiger partial charge >= 0.3 is 5.97 Å². The molecule has 0 spiro atoms. The molecule has 17 heavy (non-hydrogen) atoms. The third-order valence-electron chi connectivity index (χ3n) is 2.12. The number of rotatable bonds is 4. The molecular formula is C13H13NO3. The van der Waals surface area contributed by atoms with Gasteiger partial charge in [-0.25, -0.2) is 4.79 Å². The Morgan fingerprint density at radius 3 is 2.53 bits per heavy atom. The van der Waals surface area contributed by atoms with Gasteiger partial charge in [0, 0.05) is 6.42 Å². The van der Waals surface area contributed by atoms with Crippen molar-refractivity contribution >= 4 is 11.9 Å². The highest BCUT2D eigenvalue weighted by atomic mass is 16.4. The first-order chi connectivity index (χ1) is 8.13. The first kappa shape index (κ1) is 12.8. The highest BCUT2D eigenvalue weighted by Crippen LogP contribution is 2.03. The van der Waals surface area contributed by atoms with Gasteiger partial charge in [0.15, 0.2) is 0 Å². The third-order valence-corrected chi connectivity index (χ3v) is 2.12. The summed E-state index contributed by atoms with van der Waals surface area (Å²) in [6.07, 6.45) is 0.243. The highest BCUT2D eigenvalue weighted by Gasteiger charge is 2.19. The van der Waals surface area contributed by atoms with E-state index in [1.807, 2.05) is 30.3 Å². The van der Waals surface area contributed by atoms with Crippen molar-refractivity contribution < 1.29 is 14.7 Å². The standard InChI is InChI=1S/C13H13NO3/c1-2-6-12(15)14-11(13(16)17)9-10-7-4-3-5-8-10/h3-5,7-8,11H,9H2,1H3,(H,14,15)(H,16,17). The predicted octanol–water partition coefficient (Wildman–Crippen LogP) is 0.822. The lowest BCUT2D eigenvalue weighted by Crippen LogP contribution is -2.41. The maximum absolute atomic E-state index is 11.2. The van der Waals surface area contributed by atoms with E-state index >= 15 is 0 Å². The molecule has 1 aromatic carbocycles. The zero-order valence-electron chi connectivity index (χ0n) is 9.43. The molecule has 1 unspecified atom stereocenters. The Morgan fingerprint density at radius 1 is 1.35 bits per heavy atom. The molecule has 0 aliphatic heterocycles. The van der Waals surface area contributed by atoms with Crippen molar-refractivity contribution in [1.82, 2.24) is 5.32 Å². The Bertz CT molecular complexity index is 457. The molecule has 0 saturated heterocycles. The van der Waals surface area contributed by atoms with Gasteiger partial charge in [0.2, 0.25) is 0 Å². The number of nitrogens with one attached hydrogen (secondary N) is 1. The SMILES string of the molecule is CC#CC(=O)NC(Cc1ccccc1)C(=O)O. The molecule has 0 fully saturated rings. The Hall–Kier alpha value is -2.28. The van der Waals surface area contributed by atoms with Crippen LogP contribution in [-0.4, -0.2) is 23.0 Å². The molecule has 4 heteroatoms. The van der Waals surface area contributed by atoms with E-state index in [1.165, 1.54) is 6.92 Å². The third kappa shape index (κ3) is 4.39. The molecule has 0 bridgehead atoms. The largest absolute Gasteiger partial charge is 0.480 e. The van der Waals surface area contributed by atoms with E-state index in [4.69, 9.17) is 5.11 Å². The summed E-state index contributed by atoms with van der Waals surface area (Å²) in [5, 5.41) is 11.3. The van der Waals surface area contributed by atoms with Gasteiger partial charge in [0.05, 0.1) is 0 Å². The summed E-state index contributed by atoms with van der Waals surface area (Å²) in [5.41, 5.74) is 0.852. The molecular weight excluding hydrogens is 218 g/mol. The lowest BCUT2D eigenvalue weighted by Gasteiger charge is -2.12. The number of amides is 1. The number of aliphatic carboxylic acids is 1. The summed E-state index contributed by atoms with van der Waals surface area (Å²) in [6, 6.07) is 8.16. The summed E-state index contributed by atoms with van der Waals surface area (Å²) in [4.78, 5) is 22.2. The first-order valence-corrected chi connectivity index (χ1v) is 5.13. The van der Waals surface area contributed by atoms with Crippen molar-refractivity contribution in [2.24, 2.45) is 0 Å². The van der Waals surface area contributed by atoms with Crippen molar-refractivity contribution in [3.8, 4) is 11.8 Å². The van der Waals surface area contributed by atoms with Gasteiger partial charge in [-0.3, -0.25) is 4.79 Å². The Labute approximate surface area is 99.7 Å².